The van der Waals surface area contributed by atoms with Gasteiger partial charge >= 0.3 is 0 Å². The predicted molar refractivity (Wildman–Crippen MR) is 90.3 cm³/mol. The van der Waals surface area contributed by atoms with Gasteiger partial charge in [-0.3, -0.25) is 0 Å². The van der Waals surface area contributed by atoms with Gasteiger partial charge in [0.15, 0.2) is 0 Å². The van der Waals surface area contributed by atoms with Gasteiger partial charge in [0.05, 0.1) is 12.5 Å². The normalized spacial score (nSPS) is 16.4. The van der Waals surface area contributed by atoms with E-state index < -0.39 is 0 Å². The van der Waals surface area contributed by atoms with E-state index in [1.54, 1.807) is 12.1 Å². The van der Waals surface area contributed by atoms with E-state index in [0.717, 1.165) is 24.2 Å². The van der Waals surface area contributed by atoms with Gasteiger partial charge in [-0.05, 0) is 48.9 Å². The second kappa shape index (κ2) is 6.88. The summed E-state index contributed by atoms with van der Waals surface area (Å²) in [5.74, 6) is 7.06. The Morgan fingerprint density at radius 2 is 1.88 bits per heavy atom. The molecule has 4 nitrogen and oxygen atoms in total. The number of rotatable bonds is 2. The molecule has 0 spiro atoms. The van der Waals surface area contributed by atoms with Crippen molar-refractivity contribution < 1.29 is 13.7 Å². The maximum atomic E-state index is 13.1. The molecule has 0 saturated carbocycles. The van der Waals surface area contributed by atoms with Crippen molar-refractivity contribution in [1.29, 1.82) is 0 Å². The Kier molecular flexibility index (Phi) is 4.28. The molecule has 1 aliphatic heterocycles. The van der Waals surface area contributed by atoms with Crippen molar-refractivity contribution in [2.24, 2.45) is 0 Å². The van der Waals surface area contributed by atoms with Crippen molar-refractivity contribution in [2.45, 2.75) is 12.3 Å². The summed E-state index contributed by atoms with van der Waals surface area (Å²) in [7, 11) is 0. The van der Waals surface area contributed by atoms with Gasteiger partial charge in [0.1, 0.15) is 5.82 Å². The third kappa shape index (κ3) is 3.59. The lowest BCUT2D eigenvalue weighted by Gasteiger charge is -1.98. The van der Waals surface area contributed by atoms with E-state index >= 15 is 0 Å². The van der Waals surface area contributed by atoms with Crippen molar-refractivity contribution in [3.8, 4) is 23.2 Å². The van der Waals surface area contributed by atoms with Crippen molar-refractivity contribution in [3.63, 3.8) is 0 Å². The summed E-state index contributed by atoms with van der Waals surface area (Å²) in [5, 5.41) is 4.04. The van der Waals surface area contributed by atoms with Gasteiger partial charge in [0.2, 0.25) is 11.7 Å². The second-order valence-corrected chi connectivity index (χ2v) is 5.85. The van der Waals surface area contributed by atoms with Gasteiger partial charge in [-0.1, -0.05) is 23.1 Å². The fraction of sp³-hybridized carbons (Fsp3) is 0.200. The van der Waals surface area contributed by atoms with Crippen LogP contribution in [0, 0.1) is 17.7 Å². The minimum absolute atomic E-state index is 0.192. The molecule has 1 unspecified atom stereocenters. The molecular weight excluding hydrogens is 319 g/mol. The Morgan fingerprint density at radius 1 is 1.04 bits per heavy atom. The highest BCUT2D eigenvalue weighted by molar-refractivity contribution is 5.56. The maximum Gasteiger partial charge on any atom is 0.232 e. The fourth-order valence-electron chi connectivity index (χ4n) is 2.66. The van der Waals surface area contributed by atoms with Crippen LogP contribution in [0.5, 0.6) is 0 Å². The van der Waals surface area contributed by atoms with Crippen LogP contribution in [0.15, 0.2) is 53.1 Å². The Labute approximate surface area is 144 Å². The zero-order valence-electron chi connectivity index (χ0n) is 13.4. The Hall–Kier alpha value is -2.97. The molecule has 0 bridgehead atoms. The Balaban J connectivity index is 1.50. The summed E-state index contributed by atoms with van der Waals surface area (Å²) in [6, 6.07) is 13.8. The number of benzene rings is 2. The molecule has 124 valence electrons. The maximum absolute atomic E-state index is 13.1. The third-order valence-electron chi connectivity index (χ3n) is 4.04. The van der Waals surface area contributed by atoms with Gasteiger partial charge in [0.25, 0.3) is 0 Å². The van der Waals surface area contributed by atoms with Crippen molar-refractivity contribution in [2.75, 3.05) is 13.2 Å². The molecule has 3 aromatic rings. The average molecular weight is 334 g/mol. The van der Waals surface area contributed by atoms with Crippen molar-refractivity contribution in [1.82, 2.24) is 10.1 Å². The molecule has 0 amide bonds. The van der Waals surface area contributed by atoms with Crippen LogP contribution in [0.1, 0.15) is 29.4 Å². The second-order valence-electron chi connectivity index (χ2n) is 5.85. The van der Waals surface area contributed by atoms with E-state index in [-0.39, 0.29) is 11.7 Å². The lowest BCUT2D eigenvalue weighted by atomic mass is 10.1. The Bertz CT molecular complexity index is 932. The highest BCUT2D eigenvalue weighted by Crippen LogP contribution is 2.26. The predicted octanol–water partition coefficient (Wildman–Crippen LogP) is 3.78. The van der Waals surface area contributed by atoms with Crippen LogP contribution in [0.25, 0.3) is 11.4 Å². The Morgan fingerprint density at radius 3 is 2.64 bits per heavy atom. The molecule has 25 heavy (non-hydrogen) atoms. The first kappa shape index (κ1) is 15.6. The lowest BCUT2D eigenvalue weighted by molar-refractivity contribution is 0.189. The first-order valence-corrected chi connectivity index (χ1v) is 8.07. The number of hydrogen-bond donors (Lipinski definition) is 0. The number of nitrogens with zero attached hydrogens (tertiary/aromatic N) is 2. The molecule has 1 fully saturated rings. The molecule has 0 N–H and O–H groups in total. The largest absolute Gasteiger partial charge is 0.381 e. The minimum Gasteiger partial charge on any atom is -0.381 e. The number of ether oxygens (including phenoxy) is 1. The molecule has 1 aromatic heterocycles. The highest BCUT2D eigenvalue weighted by atomic mass is 19.1. The highest BCUT2D eigenvalue weighted by Gasteiger charge is 2.24. The van der Waals surface area contributed by atoms with Crippen molar-refractivity contribution >= 4 is 0 Å². The number of hydrogen-bond acceptors (Lipinski definition) is 4. The zero-order chi connectivity index (χ0) is 17.1. The third-order valence-corrected chi connectivity index (χ3v) is 4.04. The van der Waals surface area contributed by atoms with Crippen LogP contribution in [0.3, 0.4) is 0 Å². The number of halogens is 1. The molecule has 0 aliphatic carbocycles. The standard InChI is InChI=1S/C20H15FN2O2/c21-18-3-1-2-15(12-18)5-4-14-6-8-16(9-7-14)19-22-20(25-23-19)17-10-11-24-13-17/h1-3,6-9,12,17H,10-11,13H2. The summed E-state index contributed by atoms with van der Waals surface area (Å²) >= 11 is 0. The van der Waals surface area contributed by atoms with Crippen LogP contribution in [-0.2, 0) is 4.74 Å². The van der Waals surface area contributed by atoms with Crippen LogP contribution in [0.4, 0.5) is 4.39 Å². The van der Waals surface area contributed by atoms with E-state index in [1.807, 2.05) is 24.3 Å². The zero-order valence-corrected chi connectivity index (χ0v) is 13.4. The van der Waals surface area contributed by atoms with E-state index in [1.165, 1.54) is 12.1 Å². The smallest absolute Gasteiger partial charge is 0.232 e. The SMILES string of the molecule is Fc1cccc(C#Cc2ccc(-c3noc(C4CCOC4)n3)cc2)c1. The molecule has 2 heterocycles. The van der Waals surface area contributed by atoms with Gasteiger partial charge in [0, 0.05) is 23.3 Å². The lowest BCUT2D eigenvalue weighted by Crippen LogP contribution is -1.97. The number of aromatic nitrogens is 2. The molecule has 1 saturated heterocycles. The summed E-state index contributed by atoms with van der Waals surface area (Å²) in [6.45, 7) is 1.37. The first-order valence-electron chi connectivity index (χ1n) is 8.07. The van der Waals surface area contributed by atoms with Crippen LogP contribution in [-0.4, -0.2) is 23.4 Å². The summed E-state index contributed by atoms with van der Waals surface area (Å²) in [5.41, 5.74) is 2.34. The molecule has 4 rings (SSSR count). The van der Waals surface area contributed by atoms with Crippen molar-refractivity contribution in [3.05, 3.63) is 71.4 Å². The quantitative estimate of drug-likeness (QED) is 0.669. The van der Waals surface area contributed by atoms with E-state index in [9.17, 15) is 4.39 Å². The van der Waals surface area contributed by atoms with E-state index in [4.69, 9.17) is 9.26 Å². The van der Waals surface area contributed by atoms with Gasteiger partial charge < -0.3 is 9.26 Å². The van der Waals surface area contributed by atoms with Gasteiger partial charge in [-0.2, -0.15) is 4.98 Å². The van der Waals surface area contributed by atoms with Crippen LogP contribution in [0.2, 0.25) is 0 Å². The summed E-state index contributed by atoms with van der Waals surface area (Å²) in [6.07, 6.45) is 0.913. The molecule has 5 heteroatoms. The minimum atomic E-state index is -0.289. The molecule has 0 radical (unpaired) electrons. The van der Waals surface area contributed by atoms with Crippen LogP contribution >= 0.6 is 0 Å². The molecule has 1 aliphatic rings. The molecule has 1 atom stereocenters. The van der Waals surface area contributed by atoms with E-state index in [0.29, 0.717) is 23.9 Å². The monoisotopic (exact) mass is 334 g/mol. The van der Waals surface area contributed by atoms with Gasteiger partial charge in [-0.15, -0.1) is 0 Å². The van der Waals surface area contributed by atoms with E-state index in [2.05, 4.69) is 22.0 Å². The average Bonchev–Trinajstić information content (AvgIpc) is 3.32. The fourth-order valence-corrected chi connectivity index (χ4v) is 2.66. The molecule has 2 aromatic carbocycles. The summed E-state index contributed by atoms with van der Waals surface area (Å²) < 4.78 is 23.8. The molecular formula is C20H15FN2O2. The topological polar surface area (TPSA) is 48.2 Å². The summed E-state index contributed by atoms with van der Waals surface area (Å²) in [4.78, 5) is 4.46. The van der Waals surface area contributed by atoms with Gasteiger partial charge in [-0.25, -0.2) is 4.39 Å². The first-order chi connectivity index (χ1) is 12.3. The van der Waals surface area contributed by atoms with Crippen LogP contribution < -0.4 is 0 Å².